The second-order valence-corrected chi connectivity index (χ2v) is 10.1. The SMILES string of the molecule is COc1c(C(C)(C)C)cc(Cl)cc1C(C)(C)C1=CCC(C(C)(C)C)=C1. The van der Waals surface area contributed by atoms with E-state index in [1.54, 1.807) is 7.11 Å². The van der Waals surface area contributed by atoms with Crippen molar-refractivity contribution < 1.29 is 4.74 Å². The lowest BCUT2D eigenvalue weighted by Gasteiger charge is -2.32. The fraction of sp³-hybridized carbons (Fsp3) is 0.565. The predicted molar refractivity (Wildman–Crippen MR) is 110 cm³/mol. The number of rotatable bonds is 3. The molecule has 1 aliphatic rings. The molecule has 25 heavy (non-hydrogen) atoms. The summed E-state index contributed by atoms with van der Waals surface area (Å²) in [5.41, 5.74) is 5.14. The molecule has 0 radical (unpaired) electrons. The van der Waals surface area contributed by atoms with E-state index in [1.807, 2.05) is 6.07 Å². The molecule has 0 atom stereocenters. The van der Waals surface area contributed by atoms with Gasteiger partial charge in [0.25, 0.3) is 0 Å². The van der Waals surface area contributed by atoms with Crippen LogP contribution in [0.1, 0.15) is 72.9 Å². The Labute approximate surface area is 159 Å². The van der Waals surface area contributed by atoms with Gasteiger partial charge in [0.05, 0.1) is 7.11 Å². The average molecular weight is 361 g/mol. The molecule has 0 saturated carbocycles. The number of halogens is 1. The minimum absolute atomic E-state index is 0.0302. The largest absolute Gasteiger partial charge is 0.496 e. The van der Waals surface area contributed by atoms with E-state index in [4.69, 9.17) is 16.3 Å². The Morgan fingerprint density at radius 2 is 1.44 bits per heavy atom. The van der Waals surface area contributed by atoms with Crippen molar-refractivity contribution in [3.05, 3.63) is 51.6 Å². The summed E-state index contributed by atoms with van der Waals surface area (Å²) >= 11 is 6.51. The van der Waals surface area contributed by atoms with Crippen molar-refractivity contribution in [3.63, 3.8) is 0 Å². The van der Waals surface area contributed by atoms with E-state index in [-0.39, 0.29) is 16.2 Å². The van der Waals surface area contributed by atoms with Crippen LogP contribution in [-0.2, 0) is 10.8 Å². The average Bonchev–Trinajstić information content (AvgIpc) is 2.96. The molecule has 0 fully saturated rings. The molecule has 1 aromatic rings. The molecule has 0 bridgehead atoms. The third-order valence-electron chi connectivity index (χ3n) is 5.30. The molecular formula is C23H33ClO. The van der Waals surface area contributed by atoms with Crippen LogP contribution in [0.3, 0.4) is 0 Å². The number of hydrogen-bond acceptors (Lipinski definition) is 1. The van der Waals surface area contributed by atoms with Gasteiger partial charge in [0, 0.05) is 21.6 Å². The Morgan fingerprint density at radius 3 is 1.88 bits per heavy atom. The molecule has 0 unspecified atom stereocenters. The Balaban J connectivity index is 2.61. The minimum Gasteiger partial charge on any atom is -0.496 e. The quantitative estimate of drug-likeness (QED) is 0.552. The predicted octanol–water partition coefficient (Wildman–Crippen LogP) is 7.23. The third kappa shape index (κ3) is 3.97. The summed E-state index contributed by atoms with van der Waals surface area (Å²) in [5.74, 6) is 0.959. The zero-order chi connectivity index (χ0) is 19.2. The van der Waals surface area contributed by atoms with Crippen LogP contribution in [0.15, 0.2) is 35.4 Å². The molecule has 0 saturated heterocycles. The Kier molecular flexibility index (Phi) is 5.23. The third-order valence-corrected chi connectivity index (χ3v) is 5.51. The van der Waals surface area contributed by atoms with E-state index in [1.165, 1.54) is 11.1 Å². The highest BCUT2D eigenvalue weighted by molar-refractivity contribution is 6.30. The Bertz CT molecular complexity index is 722. The van der Waals surface area contributed by atoms with Crippen molar-refractivity contribution in [2.45, 2.75) is 72.6 Å². The molecule has 0 spiro atoms. The van der Waals surface area contributed by atoms with Crippen molar-refractivity contribution in [2.24, 2.45) is 5.41 Å². The van der Waals surface area contributed by atoms with Crippen molar-refractivity contribution in [2.75, 3.05) is 7.11 Å². The summed E-state index contributed by atoms with van der Waals surface area (Å²) in [6.45, 7) is 18.0. The fourth-order valence-electron chi connectivity index (χ4n) is 3.47. The molecule has 1 aromatic carbocycles. The molecule has 0 aliphatic heterocycles. The lowest BCUT2D eigenvalue weighted by Crippen LogP contribution is -2.23. The normalized spacial score (nSPS) is 15.9. The highest BCUT2D eigenvalue weighted by Gasteiger charge is 2.34. The fourth-order valence-corrected chi connectivity index (χ4v) is 3.69. The van der Waals surface area contributed by atoms with Gasteiger partial charge in [-0.2, -0.15) is 0 Å². The van der Waals surface area contributed by atoms with Gasteiger partial charge in [-0.3, -0.25) is 0 Å². The molecule has 1 aliphatic carbocycles. The van der Waals surface area contributed by atoms with Crippen LogP contribution in [0.5, 0.6) is 5.75 Å². The molecular weight excluding hydrogens is 328 g/mol. The maximum Gasteiger partial charge on any atom is 0.126 e. The molecule has 2 heteroatoms. The second kappa shape index (κ2) is 6.50. The summed E-state index contributed by atoms with van der Waals surface area (Å²) in [4.78, 5) is 0. The summed E-state index contributed by atoms with van der Waals surface area (Å²) in [6.07, 6.45) is 5.76. The smallest absolute Gasteiger partial charge is 0.126 e. The van der Waals surface area contributed by atoms with Crippen LogP contribution in [0.4, 0.5) is 0 Å². The maximum atomic E-state index is 6.51. The first-order valence-corrected chi connectivity index (χ1v) is 9.46. The van der Waals surface area contributed by atoms with E-state index < -0.39 is 0 Å². The first-order valence-electron chi connectivity index (χ1n) is 9.08. The van der Waals surface area contributed by atoms with Gasteiger partial charge in [0.2, 0.25) is 0 Å². The topological polar surface area (TPSA) is 9.23 Å². The summed E-state index contributed by atoms with van der Waals surface area (Å²) in [5, 5.41) is 0.771. The van der Waals surface area contributed by atoms with Crippen molar-refractivity contribution >= 4 is 11.6 Å². The lowest BCUT2D eigenvalue weighted by atomic mass is 9.74. The van der Waals surface area contributed by atoms with Gasteiger partial charge >= 0.3 is 0 Å². The number of methoxy groups -OCH3 is 1. The molecule has 0 N–H and O–H groups in total. The van der Waals surface area contributed by atoms with Gasteiger partial charge in [-0.1, -0.05) is 84.7 Å². The Hall–Kier alpha value is -1.21. The van der Waals surface area contributed by atoms with Gasteiger partial charge in [-0.25, -0.2) is 0 Å². The summed E-state index contributed by atoms with van der Waals surface area (Å²) in [6, 6.07) is 4.11. The molecule has 0 amide bonds. The van der Waals surface area contributed by atoms with Gasteiger partial charge in [0.1, 0.15) is 5.75 Å². The van der Waals surface area contributed by atoms with Crippen molar-refractivity contribution in [1.82, 2.24) is 0 Å². The molecule has 138 valence electrons. The maximum absolute atomic E-state index is 6.51. The van der Waals surface area contributed by atoms with Gasteiger partial charge in [-0.15, -0.1) is 0 Å². The lowest BCUT2D eigenvalue weighted by molar-refractivity contribution is 0.384. The second-order valence-electron chi connectivity index (χ2n) is 9.69. The highest BCUT2D eigenvalue weighted by atomic mass is 35.5. The number of benzene rings is 1. The van der Waals surface area contributed by atoms with Crippen molar-refractivity contribution in [1.29, 1.82) is 0 Å². The zero-order valence-corrected chi connectivity index (χ0v) is 18.1. The molecule has 2 rings (SSSR count). The van der Waals surface area contributed by atoms with E-state index in [9.17, 15) is 0 Å². The minimum atomic E-state index is -0.163. The molecule has 0 heterocycles. The first-order chi connectivity index (χ1) is 11.3. The Morgan fingerprint density at radius 1 is 0.880 bits per heavy atom. The number of hydrogen-bond donors (Lipinski definition) is 0. The summed E-state index contributed by atoms with van der Waals surface area (Å²) < 4.78 is 5.89. The van der Waals surface area contributed by atoms with Crippen LogP contribution >= 0.6 is 11.6 Å². The number of ether oxygens (including phenoxy) is 1. The van der Waals surface area contributed by atoms with Gasteiger partial charge in [-0.05, 0) is 35.0 Å². The van der Waals surface area contributed by atoms with Crippen molar-refractivity contribution in [3.8, 4) is 5.75 Å². The first kappa shape index (κ1) is 20.1. The van der Waals surface area contributed by atoms with E-state index >= 15 is 0 Å². The van der Waals surface area contributed by atoms with Crippen LogP contribution in [0.2, 0.25) is 5.02 Å². The standard InChI is InChI=1S/C23H33ClO/c1-21(2,3)15-10-11-16(12-15)23(7,8)19-14-17(24)13-18(20(19)25-9)22(4,5)6/h11-14H,10H2,1-9H3. The van der Waals surface area contributed by atoms with Gasteiger partial charge < -0.3 is 4.74 Å². The van der Waals surface area contributed by atoms with Crippen LogP contribution in [0.25, 0.3) is 0 Å². The van der Waals surface area contributed by atoms with Crippen LogP contribution in [-0.4, -0.2) is 7.11 Å². The van der Waals surface area contributed by atoms with Gasteiger partial charge in [0.15, 0.2) is 0 Å². The van der Waals surface area contributed by atoms with E-state index in [2.05, 4.69) is 73.6 Å². The zero-order valence-electron chi connectivity index (χ0n) is 17.3. The van der Waals surface area contributed by atoms with Crippen LogP contribution < -0.4 is 4.74 Å². The highest BCUT2D eigenvalue weighted by Crippen LogP contribution is 2.47. The van der Waals surface area contributed by atoms with Crippen LogP contribution in [0, 0.1) is 5.41 Å². The number of allylic oxidation sites excluding steroid dienone is 4. The monoisotopic (exact) mass is 360 g/mol. The summed E-state index contributed by atoms with van der Waals surface area (Å²) in [7, 11) is 1.76. The molecule has 1 nitrogen and oxygen atoms in total. The van der Waals surface area contributed by atoms with E-state index in [0.717, 1.165) is 28.3 Å². The molecule has 0 aromatic heterocycles. The van der Waals surface area contributed by atoms with E-state index in [0.29, 0.717) is 0 Å².